The lowest BCUT2D eigenvalue weighted by atomic mass is 10.1. The Balaban J connectivity index is 1.76. The minimum absolute atomic E-state index is 0.0400. The van der Waals surface area contributed by atoms with Crippen molar-refractivity contribution in [3.63, 3.8) is 0 Å². The Kier molecular flexibility index (Phi) is 5.64. The van der Waals surface area contributed by atoms with Gasteiger partial charge in [-0.25, -0.2) is 4.68 Å². The van der Waals surface area contributed by atoms with Gasteiger partial charge in [0.15, 0.2) is 0 Å². The zero-order chi connectivity index (χ0) is 18.7. The van der Waals surface area contributed by atoms with Gasteiger partial charge in [-0.2, -0.15) is 5.10 Å². The lowest BCUT2D eigenvalue weighted by Gasteiger charge is -2.08. The van der Waals surface area contributed by atoms with Gasteiger partial charge >= 0.3 is 0 Å². The molecule has 0 spiro atoms. The molecule has 0 atom stereocenters. The van der Waals surface area contributed by atoms with Crippen LogP contribution in [0.2, 0.25) is 10.0 Å². The number of hydrogen-bond donors (Lipinski definition) is 1. The number of hydrogen-bond acceptors (Lipinski definition) is 2. The molecule has 1 N–H and O–H groups in total. The van der Waals surface area contributed by atoms with Gasteiger partial charge < -0.3 is 5.32 Å². The van der Waals surface area contributed by atoms with E-state index in [9.17, 15) is 4.79 Å². The van der Waals surface area contributed by atoms with Crippen LogP contribution >= 0.6 is 23.2 Å². The molecule has 0 aliphatic rings. The molecule has 4 nitrogen and oxygen atoms in total. The van der Waals surface area contributed by atoms with Crippen LogP contribution < -0.4 is 5.32 Å². The highest BCUT2D eigenvalue weighted by molar-refractivity contribution is 6.35. The third kappa shape index (κ3) is 4.09. The number of benzene rings is 2. The number of carbonyl (C=O) groups excluding carboxylic acids is 1. The Hall–Kier alpha value is -2.30. The summed E-state index contributed by atoms with van der Waals surface area (Å²) in [7, 11) is 0. The number of aromatic nitrogens is 2. The molecule has 0 bridgehead atoms. The van der Waals surface area contributed by atoms with Crippen LogP contribution in [0.5, 0.6) is 0 Å². The van der Waals surface area contributed by atoms with Crippen molar-refractivity contribution in [2.75, 3.05) is 0 Å². The maximum atomic E-state index is 12.4. The summed E-state index contributed by atoms with van der Waals surface area (Å²) in [5, 5.41) is 8.59. The van der Waals surface area contributed by atoms with Gasteiger partial charge in [0.1, 0.15) is 0 Å². The van der Waals surface area contributed by atoms with Gasteiger partial charge in [0.2, 0.25) is 5.91 Å². The standard InChI is InChI=1S/C20H19Cl2N3O/c1-13-17(11-20(26)23-12-15-6-4-3-5-7-15)14(2)25(24-13)19-9-8-16(21)10-18(19)22/h3-10H,11-12H2,1-2H3,(H,23,26). The van der Waals surface area contributed by atoms with Crippen LogP contribution in [0.3, 0.4) is 0 Å². The summed E-state index contributed by atoms with van der Waals surface area (Å²) in [6, 6.07) is 15.1. The van der Waals surface area contributed by atoms with Crippen molar-refractivity contribution in [1.29, 1.82) is 0 Å². The minimum Gasteiger partial charge on any atom is -0.352 e. The highest BCUT2D eigenvalue weighted by Gasteiger charge is 2.17. The average molecular weight is 388 g/mol. The van der Waals surface area contributed by atoms with Crippen LogP contribution in [0.15, 0.2) is 48.5 Å². The fraction of sp³-hybridized carbons (Fsp3) is 0.200. The molecule has 1 aromatic heterocycles. The van der Waals surface area contributed by atoms with E-state index in [1.807, 2.05) is 50.2 Å². The molecule has 0 saturated carbocycles. The first kappa shape index (κ1) is 18.5. The summed E-state index contributed by atoms with van der Waals surface area (Å²) in [5.41, 5.74) is 4.41. The number of nitrogens with zero attached hydrogens (tertiary/aromatic N) is 2. The third-order valence-electron chi connectivity index (χ3n) is 4.25. The molecule has 0 aliphatic heterocycles. The lowest BCUT2D eigenvalue weighted by Crippen LogP contribution is -2.25. The summed E-state index contributed by atoms with van der Waals surface area (Å²) in [6.45, 7) is 4.34. The molecule has 6 heteroatoms. The van der Waals surface area contributed by atoms with E-state index in [1.165, 1.54) is 0 Å². The van der Waals surface area contributed by atoms with E-state index in [0.717, 1.165) is 28.2 Å². The first-order valence-corrected chi connectivity index (χ1v) is 9.02. The first-order valence-electron chi connectivity index (χ1n) is 8.27. The fourth-order valence-corrected chi connectivity index (χ4v) is 3.33. The minimum atomic E-state index is -0.0400. The lowest BCUT2D eigenvalue weighted by molar-refractivity contribution is -0.120. The third-order valence-corrected chi connectivity index (χ3v) is 4.79. The number of nitrogens with one attached hydrogen (secondary N) is 1. The van der Waals surface area contributed by atoms with Gasteiger partial charge in [-0.15, -0.1) is 0 Å². The van der Waals surface area contributed by atoms with Crippen molar-refractivity contribution in [1.82, 2.24) is 15.1 Å². The molecule has 1 heterocycles. The summed E-state index contributed by atoms with van der Waals surface area (Å²) in [6.07, 6.45) is 0.274. The number of halogens is 2. The maximum Gasteiger partial charge on any atom is 0.224 e. The molecule has 0 unspecified atom stereocenters. The van der Waals surface area contributed by atoms with E-state index in [2.05, 4.69) is 10.4 Å². The summed E-state index contributed by atoms with van der Waals surface area (Å²) >= 11 is 12.3. The average Bonchev–Trinajstić information content (AvgIpc) is 2.89. The summed E-state index contributed by atoms with van der Waals surface area (Å²) in [5.74, 6) is -0.0400. The molecule has 26 heavy (non-hydrogen) atoms. The fourth-order valence-electron chi connectivity index (χ4n) is 2.84. The van der Waals surface area contributed by atoms with Crippen molar-refractivity contribution < 1.29 is 4.79 Å². The Morgan fingerprint density at radius 3 is 2.54 bits per heavy atom. The molecule has 1 amide bonds. The van der Waals surface area contributed by atoms with Gasteiger partial charge in [-0.05, 0) is 37.6 Å². The molecule has 134 valence electrons. The van der Waals surface area contributed by atoms with E-state index >= 15 is 0 Å². The monoisotopic (exact) mass is 387 g/mol. The summed E-state index contributed by atoms with van der Waals surface area (Å²) in [4.78, 5) is 12.4. The van der Waals surface area contributed by atoms with Crippen LogP contribution in [0.1, 0.15) is 22.5 Å². The first-order chi connectivity index (χ1) is 12.5. The normalized spacial score (nSPS) is 10.8. The Morgan fingerprint density at radius 1 is 1.12 bits per heavy atom. The molecular weight excluding hydrogens is 369 g/mol. The van der Waals surface area contributed by atoms with E-state index in [4.69, 9.17) is 23.2 Å². The van der Waals surface area contributed by atoms with Gasteiger partial charge in [0.05, 0.1) is 22.8 Å². The quantitative estimate of drug-likeness (QED) is 0.691. The Morgan fingerprint density at radius 2 is 1.85 bits per heavy atom. The van der Waals surface area contributed by atoms with Crippen LogP contribution in [0, 0.1) is 13.8 Å². The maximum absolute atomic E-state index is 12.4. The molecule has 0 aliphatic carbocycles. The SMILES string of the molecule is Cc1nn(-c2ccc(Cl)cc2Cl)c(C)c1CC(=O)NCc1ccccc1. The number of rotatable bonds is 5. The van der Waals surface area contributed by atoms with Crippen LogP contribution in [0.4, 0.5) is 0 Å². The summed E-state index contributed by atoms with van der Waals surface area (Å²) < 4.78 is 1.76. The van der Waals surface area contributed by atoms with Crippen LogP contribution in [-0.2, 0) is 17.8 Å². The zero-order valence-electron chi connectivity index (χ0n) is 14.6. The predicted octanol–water partition coefficient (Wildman–Crippen LogP) is 4.65. The number of amides is 1. The van der Waals surface area contributed by atoms with Crippen molar-refractivity contribution >= 4 is 29.1 Å². The van der Waals surface area contributed by atoms with Crippen molar-refractivity contribution in [3.05, 3.63) is 81.1 Å². The van der Waals surface area contributed by atoms with E-state index in [0.29, 0.717) is 16.6 Å². The highest BCUT2D eigenvalue weighted by atomic mass is 35.5. The Labute approximate surface area is 162 Å². The van der Waals surface area contributed by atoms with Gasteiger partial charge in [0, 0.05) is 22.8 Å². The number of carbonyl (C=O) groups is 1. The Bertz CT molecular complexity index is 936. The van der Waals surface area contributed by atoms with Crippen molar-refractivity contribution in [2.24, 2.45) is 0 Å². The van der Waals surface area contributed by atoms with E-state index in [-0.39, 0.29) is 12.3 Å². The molecule has 0 saturated heterocycles. The van der Waals surface area contributed by atoms with Gasteiger partial charge in [0.25, 0.3) is 0 Å². The topological polar surface area (TPSA) is 46.9 Å². The van der Waals surface area contributed by atoms with Crippen molar-refractivity contribution in [2.45, 2.75) is 26.8 Å². The molecule has 0 fully saturated rings. The smallest absolute Gasteiger partial charge is 0.224 e. The van der Waals surface area contributed by atoms with Crippen LogP contribution in [0.25, 0.3) is 5.69 Å². The molecular formula is C20H19Cl2N3O. The molecule has 3 rings (SSSR count). The van der Waals surface area contributed by atoms with Crippen LogP contribution in [-0.4, -0.2) is 15.7 Å². The van der Waals surface area contributed by atoms with E-state index < -0.39 is 0 Å². The second-order valence-corrected chi connectivity index (χ2v) is 6.94. The molecule has 2 aromatic carbocycles. The highest BCUT2D eigenvalue weighted by Crippen LogP contribution is 2.27. The van der Waals surface area contributed by atoms with Crippen molar-refractivity contribution in [3.8, 4) is 5.69 Å². The number of aryl methyl sites for hydroxylation is 1. The van der Waals surface area contributed by atoms with Gasteiger partial charge in [-0.3, -0.25) is 4.79 Å². The largest absolute Gasteiger partial charge is 0.352 e. The zero-order valence-corrected chi connectivity index (χ0v) is 16.1. The second kappa shape index (κ2) is 7.94. The predicted molar refractivity (Wildman–Crippen MR) is 105 cm³/mol. The van der Waals surface area contributed by atoms with E-state index in [1.54, 1.807) is 16.8 Å². The molecule has 0 radical (unpaired) electrons. The molecule has 3 aromatic rings. The second-order valence-electron chi connectivity index (χ2n) is 6.10. The van der Waals surface area contributed by atoms with Gasteiger partial charge in [-0.1, -0.05) is 53.5 Å².